The molecule has 0 aliphatic heterocycles. The molecule has 0 aliphatic carbocycles. The lowest BCUT2D eigenvalue weighted by Gasteiger charge is -2.13. The van der Waals surface area contributed by atoms with Crippen LogP contribution < -0.4 is 5.32 Å². The van der Waals surface area contributed by atoms with Crippen LogP contribution in [0.4, 0.5) is 11.4 Å². The van der Waals surface area contributed by atoms with Gasteiger partial charge >= 0.3 is 0 Å². The number of fused-ring (bicyclic) bond motifs is 1. The summed E-state index contributed by atoms with van der Waals surface area (Å²) in [5, 5.41) is 4.43. The number of nitrogens with one attached hydrogen (secondary N) is 1. The molecule has 0 bridgehead atoms. The van der Waals surface area contributed by atoms with Crippen molar-refractivity contribution < 1.29 is 0 Å². The summed E-state index contributed by atoms with van der Waals surface area (Å²) in [6.07, 6.45) is 3.45. The number of rotatable bonds is 2. The zero-order valence-corrected chi connectivity index (χ0v) is 14.1. The van der Waals surface area contributed by atoms with Crippen molar-refractivity contribution in [3.05, 3.63) is 56.7 Å². The average Bonchev–Trinajstić information content (AvgIpc) is 2.47. The molecule has 3 nitrogen and oxygen atoms in total. The molecule has 0 fully saturated rings. The Hall–Kier alpha value is -1.36. The van der Waals surface area contributed by atoms with Crippen molar-refractivity contribution in [2.75, 3.05) is 5.32 Å². The van der Waals surface area contributed by atoms with E-state index in [2.05, 4.69) is 31.2 Å². The predicted octanol–water partition coefficient (Wildman–Crippen LogP) is 5.75. The molecule has 6 heteroatoms. The van der Waals surface area contributed by atoms with Crippen LogP contribution in [0.5, 0.6) is 0 Å². The van der Waals surface area contributed by atoms with Gasteiger partial charge in [-0.1, -0.05) is 29.3 Å². The Kier molecular flexibility index (Phi) is 4.02. The van der Waals surface area contributed by atoms with E-state index in [-0.39, 0.29) is 0 Å². The zero-order chi connectivity index (χ0) is 15.0. The first-order valence-electron chi connectivity index (χ1n) is 6.18. The lowest BCUT2D eigenvalue weighted by molar-refractivity contribution is 1.32. The second-order valence-corrected chi connectivity index (χ2v) is 6.26. The molecule has 0 saturated heterocycles. The topological polar surface area (TPSA) is 37.8 Å². The Bertz CT molecular complexity index is 837. The minimum atomic E-state index is 0.563. The predicted molar refractivity (Wildman–Crippen MR) is 91.7 cm³/mol. The van der Waals surface area contributed by atoms with Gasteiger partial charge in [-0.25, -0.2) is 0 Å². The molecule has 0 unspecified atom stereocenters. The Balaban J connectivity index is 2.13. The number of aryl methyl sites for hydroxylation is 1. The van der Waals surface area contributed by atoms with E-state index in [9.17, 15) is 0 Å². The number of hydrogen-bond acceptors (Lipinski definition) is 3. The zero-order valence-electron chi connectivity index (χ0n) is 11.0. The van der Waals surface area contributed by atoms with Crippen LogP contribution in [-0.2, 0) is 0 Å². The smallest absolute Gasteiger partial charge is 0.112 e. The van der Waals surface area contributed by atoms with Crippen molar-refractivity contribution in [3.8, 4) is 0 Å². The summed E-state index contributed by atoms with van der Waals surface area (Å²) in [6, 6.07) is 7.46. The summed E-state index contributed by atoms with van der Waals surface area (Å²) >= 11 is 16.0. The molecule has 0 saturated carbocycles. The first kappa shape index (κ1) is 14.6. The maximum Gasteiger partial charge on any atom is 0.112 e. The Labute approximate surface area is 140 Å². The highest BCUT2D eigenvalue weighted by atomic mass is 79.9. The molecule has 0 atom stereocenters. The van der Waals surface area contributed by atoms with Crippen LogP contribution >= 0.6 is 39.1 Å². The molecule has 3 aromatic rings. The molecular weight excluding hydrogens is 373 g/mol. The summed E-state index contributed by atoms with van der Waals surface area (Å²) in [6.45, 7) is 1.93. The molecule has 1 aromatic carbocycles. The molecule has 0 radical (unpaired) electrons. The second-order valence-electron chi connectivity index (χ2n) is 4.56. The summed E-state index contributed by atoms with van der Waals surface area (Å²) in [5.74, 6) is 0. The molecule has 21 heavy (non-hydrogen) atoms. The fourth-order valence-corrected chi connectivity index (χ4v) is 2.80. The van der Waals surface area contributed by atoms with Gasteiger partial charge in [0.1, 0.15) is 5.52 Å². The Morgan fingerprint density at radius 3 is 2.76 bits per heavy atom. The average molecular weight is 383 g/mol. The van der Waals surface area contributed by atoms with E-state index in [1.807, 2.05) is 31.2 Å². The minimum absolute atomic E-state index is 0.563. The number of pyridine rings is 2. The third-order valence-electron chi connectivity index (χ3n) is 3.09. The van der Waals surface area contributed by atoms with Crippen molar-refractivity contribution in [2.24, 2.45) is 0 Å². The standard InChI is InChI=1S/C15H10BrCl2N3/c1-8-2-3-10(17)14(13(8)18)21-11-4-5-19-12-6-9(16)7-20-15(11)12/h2-7H,1H3,(H,19,21). The number of halogens is 3. The van der Waals surface area contributed by atoms with Crippen LogP contribution in [0.15, 0.2) is 41.1 Å². The van der Waals surface area contributed by atoms with Gasteiger partial charge in [-0.3, -0.25) is 9.97 Å². The third-order valence-corrected chi connectivity index (χ3v) is 4.32. The van der Waals surface area contributed by atoms with E-state index < -0.39 is 0 Å². The molecule has 0 aliphatic rings. The lowest BCUT2D eigenvalue weighted by Crippen LogP contribution is -1.97. The molecule has 1 N–H and O–H groups in total. The lowest BCUT2D eigenvalue weighted by atomic mass is 10.2. The molecule has 0 spiro atoms. The molecule has 106 valence electrons. The summed E-state index contributed by atoms with van der Waals surface area (Å²) in [5.41, 5.74) is 3.98. The molecule has 0 amide bonds. The van der Waals surface area contributed by atoms with Crippen LogP contribution in [0, 0.1) is 6.92 Å². The van der Waals surface area contributed by atoms with Crippen LogP contribution in [0.25, 0.3) is 11.0 Å². The van der Waals surface area contributed by atoms with Gasteiger partial charge in [0.2, 0.25) is 0 Å². The maximum absolute atomic E-state index is 6.33. The van der Waals surface area contributed by atoms with Crippen molar-refractivity contribution in [1.82, 2.24) is 9.97 Å². The Morgan fingerprint density at radius 1 is 1.14 bits per heavy atom. The van der Waals surface area contributed by atoms with Crippen LogP contribution in [0.3, 0.4) is 0 Å². The largest absolute Gasteiger partial charge is 0.351 e. The van der Waals surface area contributed by atoms with Crippen molar-refractivity contribution >= 4 is 61.5 Å². The fraction of sp³-hybridized carbons (Fsp3) is 0.0667. The van der Waals surface area contributed by atoms with Crippen LogP contribution in [0.1, 0.15) is 5.56 Å². The van der Waals surface area contributed by atoms with Gasteiger partial charge in [0, 0.05) is 16.9 Å². The second kappa shape index (κ2) is 5.79. The van der Waals surface area contributed by atoms with E-state index in [0.717, 1.165) is 26.8 Å². The number of anilines is 2. The summed E-state index contributed by atoms with van der Waals surface area (Å²) < 4.78 is 0.881. The normalized spacial score (nSPS) is 10.9. The van der Waals surface area contributed by atoms with Crippen molar-refractivity contribution in [1.29, 1.82) is 0 Å². The fourth-order valence-electron chi connectivity index (χ4n) is 2.01. The molecule has 3 rings (SSSR count). The monoisotopic (exact) mass is 381 g/mol. The summed E-state index contributed by atoms with van der Waals surface area (Å²) in [7, 11) is 0. The quantitative estimate of drug-likeness (QED) is 0.612. The van der Waals surface area contributed by atoms with Crippen LogP contribution in [0.2, 0.25) is 10.0 Å². The van der Waals surface area contributed by atoms with E-state index in [0.29, 0.717) is 15.7 Å². The van der Waals surface area contributed by atoms with Gasteiger partial charge in [0.25, 0.3) is 0 Å². The number of nitrogens with zero attached hydrogens (tertiary/aromatic N) is 2. The minimum Gasteiger partial charge on any atom is -0.351 e. The van der Waals surface area contributed by atoms with Gasteiger partial charge < -0.3 is 5.32 Å². The molecular formula is C15H10BrCl2N3. The third kappa shape index (κ3) is 2.84. The Morgan fingerprint density at radius 2 is 1.95 bits per heavy atom. The van der Waals surface area contributed by atoms with E-state index in [1.165, 1.54) is 0 Å². The van der Waals surface area contributed by atoms with Crippen molar-refractivity contribution in [3.63, 3.8) is 0 Å². The molecule has 2 aromatic heterocycles. The van der Waals surface area contributed by atoms with Gasteiger partial charge in [0.15, 0.2) is 0 Å². The first-order valence-corrected chi connectivity index (χ1v) is 7.73. The van der Waals surface area contributed by atoms with Gasteiger partial charge in [-0.15, -0.1) is 0 Å². The van der Waals surface area contributed by atoms with E-state index in [4.69, 9.17) is 23.2 Å². The number of benzene rings is 1. The SMILES string of the molecule is Cc1ccc(Cl)c(Nc2ccnc3cc(Br)cnc23)c1Cl. The molecule has 2 heterocycles. The highest BCUT2D eigenvalue weighted by Gasteiger charge is 2.11. The first-order chi connectivity index (χ1) is 10.1. The van der Waals surface area contributed by atoms with Gasteiger partial charge in [-0.05, 0) is 46.6 Å². The van der Waals surface area contributed by atoms with E-state index in [1.54, 1.807) is 12.4 Å². The highest BCUT2D eigenvalue weighted by Crippen LogP contribution is 2.36. The van der Waals surface area contributed by atoms with Gasteiger partial charge in [0.05, 0.1) is 26.9 Å². The van der Waals surface area contributed by atoms with E-state index >= 15 is 0 Å². The number of aromatic nitrogens is 2. The van der Waals surface area contributed by atoms with Crippen molar-refractivity contribution in [2.45, 2.75) is 6.92 Å². The maximum atomic E-state index is 6.33. The van der Waals surface area contributed by atoms with Gasteiger partial charge in [-0.2, -0.15) is 0 Å². The van der Waals surface area contributed by atoms with Crippen LogP contribution in [-0.4, -0.2) is 9.97 Å². The highest BCUT2D eigenvalue weighted by molar-refractivity contribution is 9.10. The summed E-state index contributed by atoms with van der Waals surface area (Å²) in [4.78, 5) is 8.71. The number of hydrogen-bond donors (Lipinski definition) is 1.